The number of hydrogen-bond donors (Lipinski definition) is 2. The summed E-state index contributed by atoms with van der Waals surface area (Å²) in [5.74, 6) is 0.752. The summed E-state index contributed by atoms with van der Waals surface area (Å²) in [5.41, 5.74) is 2.16. The van der Waals surface area contributed by atoms with Crippen LogP contribution in [0.15, 0.2) is 52.2 Å². The van der Waals surface area contributed by atoms with Gasteiger partial charge in [-0.25, -0.2) is 0 Å². The van der Waals surface area contributed by atoms with Gasteiger partial charge in [0.1, 0.15) is 12.0 Å². The largest absolute Gasteiger partial charge is 0.364 e. The van der Waals surface area contributed by atoms with Crippen molar-refractivity contribution in [1.29, 1.82) is 0 Å². The molecule has 1 heterocycles. The average molecular weight is 414 g/mol. The molecule has 22 heavy (non-hydrogen) atoms. The highest BCUT2D eigenvalue weighted by molar-refractivity contribution is 14.0. The fourth-order valence-electron chi connectivity index (χ4n) is 2.02. The van der Waals surface area contributed by atoms with E-state index in [1.54, 1.807) is 13.3 Å². The van der Waals surface area contributed by atoms with Crippen molar-refractivity contribution in [3.63, 3.8) is 0 Å². The van der Waals surface area contributed by atoms with Gasteiger partial charge in [-0.15, -0.1) is 24.0 Å². The molecule has 0 bridgehead atoms. The van der Waals surface area contributed by atoms with E-state index in [0.29, 0.717) is 6.54 Å². The van der Waals surface area contributed by atoms with Crippen LogP contribution in [0.3, 0.4) is 0 Å². The average Bonchev–Trinajstić information content (AvgIpc) is 3.02. The molecule has 0 radical (unpaired) electrons. The Morgan fingerprint density at radius 3 is 2.50 bits per heavy atom. The van der Waals surface area contributed by atoms with Crippen molar-refractivity contribution in [2.45, 2.75) is 25.8 Å². The minimum Gasteiger partial charge on any atom is -0.364 e. The highest BCUT2D eigenvalue weighted by Crippen LogP contribution is 2.21. The van der Waals surface area contributed by atoms with E-state index in [-0.39, 0.29) is 29.4 Å². The third-order valence-electron chi connectivity index (χ3n) is 3.40. The summed E-state index contributed by atoms with van der Waals surface area (Å²) in [6.07, 6.45) is 1.56. The molecule has 0 amide bonds. The third kappa shape index (κ3) is 5.32. The molecule has 0 aliphatic carbocycles. The maximum Gasteiger partial charge on any atom is 0.191 e. The molecule has 1 aromatic carbocycles. The Kier molecular flexibility index (Phi) is 7.37. The molecule has 2 N–H and O–H groups in total. The molecule has 0 spiro atoms. The predicted octanol–water partition coefficient (Wildman–Crippen LogP) is 2.94. The molecule has 2 aromatic rings. The summed E-state index contributed by atoms with van der Waals surface area (Å²) in [6.45, 7) is 5.79. The predicted molar refractivity (Wildman–Crippen MR) is 99.6 cm³/mol. The van der Waals surface area contributed by atoms with Crippen LogP contribution in [0.2, 0.25) is 0 Å². The van der Waals surface area contributed by atoms with E-state index in [1.165, 1.54) is 5.56 Å². The Balaban J connectivity index is 0.00000242. The summed E-state index contributed by atoms with van der Waals surface area (Å²) in [5, 5.41) is 10.4. The van der Waals surface area contributed by atoms with Crippen LogP contribution < -0.4 is 10.6 Å². The molecule has 2 rings (SSSR count). The van der Waals surface area contributed by atoms with Crippen LogP contribution in [0.4, 0.5) is 0 Å². The highest BCUT2D eigenvalue weighted by atomic mass is 127. The van der Waals surface area contributed by atoms with Gasteiger partial charge in [-0.05, 0) is 5.56 Å². The number of hydrogen-bond acceptors (Lipinski definition) is 3. The summed E-state index contributed by atoms with van der Waals surface area (Å²) >= 11 is 0. The van der Waals surface area contributed by atoms with Crippen LogP contribution in [0, 0.1) is 0 Å². The zero-order valence-electron chi connectivity index (χ0n) is 13.2. The van der Waals surface area contributed by atoms with Gasteiger partial charge in [0.25, 0.3) is 0 Å². The van der Waals surface area contributed by atoms with Crippen molar-refractivity contribution in [3.05, 3.63) is 53.9 Å². The highest BCUT2D eigenvalue weighted by Gasteiger charge is 2.20. The molecular formula is C16H23IN4O. The van der Waals surface area contributed by atoms with Crippen LogP contribution in [0.25, 0.3) is 0 Å². The van der Waals surface area contributed by atoms with E-state index < -0.39 is 0 Å². The lowest BCUT2D eigenvalue weighted by Gasteiger charge is -2.26. The molecule has 5 nitrogen and oxygen atoms in total. The number of guanidine groups is 1. The second kappa shape index (κ2) is 8.77. The lowest BCUT2D eigenvalue weighted by atomic mass is 9.85. The van der Waals surface area contributed by atoms with Gasteiger partial charge in [0.2, 0.25) is 0 Å². The van der Waals surface area contributed by atoms with Crippen molar-refractivity contribution in [3.8, 4) is 0 Å². The van der Waals surface area contributed by atoms with Gasteiger partial charge in [-0.2, -0.15) is 0 Å². The Bertz CT molecular complexity index is 567. The van der Waals surface area contributed by atoms with E-state index in [2.05, 4.69) is 58.9 Å². The Morgan fingerprint density at radius 1 is 1.18 bits per heavy atom. The van der Waals surface area contributed by atoms with Crippen LogP contribution in [0.5, 0.6) is 0 Å². The van der Waals surface area contributed by atoms with E-state index >= 15 is 0 Å². The number of nitrogens with one attached hydrogen (secondary N) is 2. The number of rotatable bonds is 5. The number of nitrogens with zero attached hydrogens (tertiary/aromatic N) is 2. The Labute approximate surface area is 148 Å². The SMILES string of the molecule is CN=C(NCc1ccon1)NCC(C)(C)c1ccccc1.I. The fourth-order valence-corrected chi connectivity index (χ4v) is 2.02. The third-order valence-corrected chi connectivity index (χ3v) is 3.40. The molecule has 0 atom stereocenters. The molecule has 0 saturated heterocycles. The van der Waals surface area contributed by atoms with E-state index in [1.807, 2.05) is 12.1 Å². The zero-order valence-corrected chi connectivity index (χ0v) is 15.5. The smallest absolute Gasteiger partial charge is 0.191 e. The van der Waals surface area contributed by atoms with E-state index in [9.17, 15) is 0 Å². The first kappa shape index (κ1) is 18.5. The summed E-state index contributed by atoms with van der Waals surface area (Å²) in [6, 6.07) is 12.3. The normalized spacial score (nSPS) is 11.7. The number of aromatic nitrogens is 1. The lowest BCUT2D eigenvalue weighted by molar-refractivity contribution is 0.410. The fraction of sp³-hybridized carbons (Fsp3) is 0.375. The maximum absolute atomic E-state index is 4.80. The minimum atomic E-state index is 0. The maximum atomic E-state index is 4.80. The van der Waals surface area contributed by atoms with E-state index in [4.69, 9.17) is 4.52 Å². The minimum absolute atomic E-state index is 0. The van der Waals surface area contributed by atoms with Crippen LogP contribution >= 0.6 is 24.0 Å². The molecule has 0 unspecified atom stereocenters. The number of halogens is 1. The van der Waals surface area contributed by atoms with Gasteiger partial charge in [-0.3, -0.25) is 4.99 Å². The first-order valence-electron chi connectivity index (χ1n) is 7.01. The Hall–Kier alpha value is -1.57. The first-order valence-corrected chi connectivity index (χ1v) is 7.01. The summed E-state index contributed by atoms with van der Waals surface area (Å²) in [4.78, 5) is 4.22. The van der Waals surface area contributed by atoms with Crippen molar-refractivity contribution in [2.75, 3.05) is 13.6 Å². The van der Waals surface area contributed by atoms with Gasteiger partial charge >= 0.3 is 0 Å². The van der Waals surface area contributed by atoms with Crippen molar-refractivity contribution in [2.24, 2.45) is 4.99 Å². The monoisotopic (exact) mass is 414 g/mol. The molecule has 0 fully saturated rings. The van der Waals surface area contributed by atoms with Crippen LogP contribution in [-0.4, -0.2) is 24.7 Å². The van der Waals surface area contributed by atoms with Gasteiger partial charge < -0.3 is 15.2 Å². The second-order valence-corrected chi connectivity index (χ2v) is 5.52. The van der Waals surface area contributed by atoms with Crippen molar-refractivity contribution >= 4 is 29.9 Å². The molecule has 1 aromatic heterocycles. The number of aliphatic imine (C=N–C) groups is 1. The molecule has 6 heteroatoms. The molecule has 0 aliphatic heterocycles. The van der Waals surface area contributed by atoms with Gasteiger partial charge in [-0.1, -0.05) is 49.3 Å². The molecule has 0 saturated carbocycles. The first-order chi connectivity index (χ1) is 10.1. The topological polar surface area (TPSA) is 62.5 Å². The van der Waals surface area contributed by atoms with Gasteiger partial charge in [0, 0.05) is 25.1 Å². The van der Waals surface area contributed by atoms with Crippen LogP contribution in [0.1, 0.15) is 25.1 Å². The molecule has 120 valence electrons. The van der Waals surface area contributed by atoms with Crippen molar-refractivity contribution < 1.29 is 4.52 Å². The van der Waals surface area contributed by atoms with Gasteiger partial charge in [0.05, 0.1) is 6.54 Å². The number of benzene rings is 1. The van der Waals surface area contributed by atoms with E-state index in [0.717, 1.165) is 18.2 Å². The van der Waals surface area contributed by atoms with Crippen molar-refractivity contribution in [1.82, 2.24) is 15.8 Å². The zero-order chi connectivity index (χ0) is 15.1. The second-order valence-electron chi connectivity index (χ2n) is 5.52. The summed E-state index contributed by atoms with van der Waals surface area (Å²) in [7, 11) is 1.76. The Morgan fingerprint density at radius 2 is 1.91 bits per heavy atom. The van der Waals surface area contributed by atoms with Gasteiger partial charge in [0.15, 0.2) is 5.96 Å². The molecule has 0 aliphatic rings. The standard InChI is InChI=1S/C16H22N4O.HI/c1-16(2,13-7-5-4-6-8-13)12-19-15(17-3)18-11-14-9-10-21-20-14;/h4-10H,11-12H2,1-3H3,(H2,17,18,19);1H. The lowest BCUT2D eigenvalue weighted by Crippen LogP contribution is -2.43. The molecular weight excluding hydrogens is 391 g/mol. The quantitative estimate of drug-likeness (QED) is 0.449. The summed E-state index contributed by atoms with van der Waals surface area (Å²) < 4.78 is 4.80. The van der Waals surface area contributed by atoms with Crippen LogP contribution in [-0.2, 0) is 12.0 Å².